The van der Waals surface area contributed by atoms with Gasteiger partial charge in [-0.3, -0.25) is 0 Å². The predicted octanol–water partition coefficient (Wildman–Crippen LogP) is 3.55. The highest BCUT2D eigenvalue weighted by atomic mass is 19.1. The Hall–Kier alpha value is -2.48. The summed E-state index contributed by atoms with van der Waals surface area (Å²) in [4.78, 5) is 0. The second kappa shape index (κ2) is 5.44. The third-order valence-electron chi connectivity index (χ3n) is 2.39. The Labute approximate surface area is 107 Å². The molecule has 0 fully saturated rings. The zero-order valence-corrected chi connectivity index (χ0v) is 9.66. The Kier molecular flexibility index (Phi) is 3.71. The van der Waals surface area contributed by atoms with Gasteiger partial charge >= 0.3 is 0 Å². The van der Waals surface area contributed by atoms with Gasteiger partial charge in [-0.25, -0.2) is 13.2 Å². The van der Waals surface area contributed by atoms with Gasteiger partial charge in [-0.1, -0.05) is 6.07 Å². The van der Waals surface area contributed by atoms with E-state index < -0.39 is 23.2 Å². The standard InChI is InChI=1S/C14H8F3NO/c15-11-5-9(7-18)4-10(6-11)8-19-14-12(16)2-1-3-13(14)17/h1-6H,8H2. The largest absolute Gasteiger partial charge is 0.483 e. The van der Waals surface area contributed by atoms with Crippen molar-refractivity contribution >= 4 is 0 Å². The number of nitriles is 1. The zero-order valence-electron chi connectivity index (χ0n) is 9.66. The molecule has 19 heavy (non-hydrogen) atoms. The summed E-state index contributed by atoms with van der Waals surface area (Å²) in [6.07, 6.45) is 0. The second-order valence-electron chi connectivity index (χ2n) is 3.80. The van der Waals surface area contributed by atoms with Crippen molar-refractivity contribution in [3.8, 4) is 11.8 Å². The Morgan fingerprint density at radius 1 is 1.05 bits per heavy atom. The molecular weight excluding hydrogens is 255 g/mol. The van der Waals surface area contributed by atoms with E-state index in [2.05, 4.69) is 0 Å². The molecule has 0 amide bonds. The third-order valence-corrected chi connectivity index (χ3v) is 2.39. The molecule has 2 aromatic carbocycles. The zero-order chi connectivity index (χ0) is 13.8. The molecule has 0 aliphatic rings. The van der Waals surface area contributed by atoms with Crippen LogP contribution in [0.2, 0.25) is 0 Å². The first kappa shape index (κ1) is 13.0. The first-order valence-corrected chi connectivity index (χ1v) is 5.36. The maximum Gasteiger partial charge on any atom is 0.191 e. The summed E-state index contributed by atoms with van der Waals surface area (Å²) in [5, 5.41) is 8.68. The van der Waals surface area contributed by atoms with Crippen LogP contribution in [0.1, 0.15) is 11.1 Å². The van der Waals surface area contributed by atoms with Crippen LogP contribution in [0.4, 0.5) is 13.2 Å². The van der Waals surface area contributed by atoms with E-state index in [0.29, 0.717) is 5.56 Å². The van der Waals surface area contributed by atoms with E-state index >= 15 is 0 Å². The maximum atomic E-state index is 13.3. The van der Waals surface area contributed by atoms with Gasteiger partial charge in [0.1, 0.15) is 12.4 Å². The summed E-state index contributed by atoms with van der Waals surface area (Å²) in [6, 6.07) is 8.71. The molecule has 0 bridgehead atoms. The molecular formula is C14H8F3NO. The Morgan fingerprint density at radius 2 is 1.74 bits per heavy atom. The van der Waals surface area contributed by atoms with E-state index in [1.807, 2.05) is 0 Å². The fourth-order valence-corrected chi connectivity index (χ4v) is 1.57. The van der Waals surface area contributed by atoms with Gasteiger partial charge in [0.25, 0.3) is 0 Å². The third kappa shape index (κ3) is 3.05. The first-order valence-electron chi connectivity index (χ1n) is 5.36. The van der Waals surface area contributed by atoms with E-state index in [0.717, 1.165) is 24.3 Å². The minimum absolute atomic E-state index is 0.118. The molecule has 0 aliphatic heterocycles. The lowest BCUT2D eigenvalue weighted by molar-refractivity contribution is 0.273. The molecule has 0 unspecified atom stereocenters. The predicted molar refractivity (Wildman–Crippen MR) is 61.8 cm³/mol. The summed E-state index contributed by atoms with van der Waals surface area (Å²) in [5.74, 6) is -2.80. The summed E-state index contributed by atoms with van der Waals surface area (Å²) in [5.41, 5.74) is 0.437. The number of hydrogen-bond acceptors (Lipinski definition) is 2. The summed E-state index contributed by atoms with van der Waals surface area (Å²) >= 11 is 0. The van der Waals surface area contributed by atoms with Crippen molar-refractivity contribution in [3.05, 3.63) is 65.0 Å². The molecule has 0 saturated heterocycles. The molecule has 0 atom stereocenters. The number of nitrogens with zero attached hydrogens (tertiary/aromatic N) is 1. The number of hydrogen-bond donors (Lipinski definition) is 0. The lowest BCUT2D eigenvalue weighted by Gasteiger charge is -2.08. The van der Waals surface area contributed by atoms with Gasteiger partial charge < -0.3 is 4.74 Å². The molecule has 5 heteroatoms. The monoisotopic (exact) mass is 263 g/mol. The van der Waals surface area contributed by atoms with Crippen molar-refractivity contribution < 1.29 is 17.9 Å². The summed E-state index contributed by atoms with van der Waals surface area (Å²) in [7, 11) is 0. The van der Waals surface area contributed by atoms with Crippen LogP contribution in [0, 0.1) is 28.8 Å². The molecule has 2 nitrogen and oxygen atoms in total. The van der Waals surface area contributed by atoms with Crippen LogP contribution in [0.15, 0.2) is 36.4 Å². The van der Waals surface area contributed by atoms with Gasteiger partial charge in [0.2, 0.25) is 0 Å². The molecule has 2 rings (SSSR count). The average molecular weight is 263 g/mol. The van der Waals surface area contributed by atoms with E-state index in [9.17, 15) is 13.2 Å². The summed E-state index contributed by atoms with van der Waals surface area (Å²) in [6.45, 7) is -0.232. The van der Waals surface area contributed by atoms with E-state index in [1.54, 1.807) is 6.07 Å². The highest BCUT2D eigenvalue weighted by Crippen LogP contribution is 2.22. The number of halogens is 3. The van der Waals surface area contributed by atoms with Crippen molar-refractivity contribution in [2.45, 2.75) is 6.61 Å². The highest BCUT2D eigenvalue weighted by Gasteiger charge is 2.10. The van der Waals surface area contributed by atoms with Crippen molar-refractivity contribution in [1.29, 1.82) is 5.26 Å². The SMILES string of the molecule is N#Cc1cc(F)cc(COc2c(F)cccc2F)c1. The number of benzene rings is 2. The van der Waals surface area contributed by atoms with E-state index in [4.69, 9.17) is 10.00 Å². The van der Waals surface area contributed by atoms with Crippen molar-refractivity contribution in [1.82, 2.24) is 0 Å². The van der Waals surface area contributed by atoms with Gasteiger partial charge in [0, 0.05) is 0 Å². The minimum atomic E-state index is -0.836. The molecule has 96 valence electrons. The molecule has 0 saturated carbocycles. The smallest absolute Gasteiger partial charge is 0.191 e. The molecule has 0 spiro atoms. The molecule has 2 aromatic rings. The van der Waals surface area contributed by atoms with E-state index in [-0.39, 0.29) is 12.2 Å². The van der Waals surface area contributed by atoms with Gasteiger partial charge in [0.05, 0.1) is 11.6 Å². The second-order valence-corrected chi connectivity index (χ2v) is 3.80. The number of para-hydroxylation sites is 1. The highest BCUT2D eigenvalue weighted by molar-refractivity contribution is 5.34. The number of ether oxygens (including phenoxy) is 1. The molecule has 0 heterocycles. The van der Waals surface area contributed by atoms with Crippen LogP contribution in [0.5, 0.6) is 5.75 Å². The van der Waals surface area contributed by atoms with Crippen LogP contribution in [0.3, 0.4) is 0 Å². The van der Waals surface area contributed by atoms with Crippen molar-refractivity contribution in [3.63, 3.8) is 0 Å². The van der Waals surface area contributed by atoms with Gasteiger partial charge in [-0.05, 0) is 35.9 Å². The first-order chi connectivity index (χ1) is 9.10. The average Bonchev–Trinajstić information content (AvgIpc) is 2.37. The van der Waals surface area contributed by atoms with Gasteiger partial charge in [0.15, 0.2) is 17.4 Å². The Morgan fingerprint density at radius 3 is 2.37 bits per heavy atom. The van der Waals surface area contributed by atoms with Crippen molar-refractivity contribution in [2.75, 3.05) is 0 Å². The van der Waals surface area contributed by atoms with Gasteiger partial charge in [-0.2, -0.15) is 5.26 Å². The van der Waals surface area contributed by atoms with Crippen LogP contribution in [-0.4, -0.2) is 0 Å². The van der Waals surface area contributed by atoms with Crippen LogP contribution >= 0.6 is 0 Å². The maximum absolute atomic E-state index is 13.3. The fourth-order valence-electron chi connectivity index (χ4n) is 1.57. The molecule has 0 aliphatic carbocycles. The van der Waals surface area contributed by atoms with E-state index in [1.165, 1.54) is 12.1 Å². The van der Waals surface area contributed by atoms with Crippen LogP contribution < -0.4 is 4.74 Å². The normalized spacial score (nSPS) is 10.0. The Bertz CT molecular complexity index is 629. The number of rotatable bonds is 3. The summed E-state index contributed by atoms with van der Waals surface area (Å²) < 4.78 is 44.7. The van der Waals surface area contributed by atoms with Crippen LogP contribution in [0.25, 0.3) is 0 Å². The molecule has 0 aromatic heterocycles. The Balaban J connectivity index is 2.19. The molecule has 0 N–H and O–H groups in total. The van der Waals surface area contributed by atoms with Crippen molar-refractivity contribution in [2.24, 2.45) is 0 Å². The minimum Gasteiger partial charge on any atom is -0.483 e. The lowest BCUT2D eigenvalue weighted by Crippen LogP contribution is -2.00. The van der Waals surface area contributed by atoms with Crippen LogP contribution in [-0.2, 0) is 6.61 Å². The molecule has 0 radical (unpaired) electrons. The van der Waals surface area contributed by atoms with Gasteiger partial charge in [-0.15, -0.1) is 0 Å². The lowest BCUT2D eigenvalue weighted by atomic mass is 10.1. The fraction of sp³-hybridized carbons (Fsp3) is 0.0714. The quantitative estimate of drug-likeness (QED) is 0.848. The topological polar surface area (TPSA) is 33.0 Å².